The van der Waals surface area contributed by atoms with Gasteiger partial charge in [-0.05, 0) is 38.3 Å². The lowest BCUT2D eigenvalue weighted by atomic mass is 10.0. The summed E-state index contributed by atoms with van der Waals surface area (Å²) in [7, 11) is 2.23. The molecule has 1 aliphatic rings. The summed E-state index contributed by atoms with van der Waals surface area (Å²) in [5, 5.41) is 3.79. The van der Waals surface area contributed by atoms with Gasteiger partial charge in [-0.15, -0.1) is 0 Å². The minimum atomic E-state index is 0.573. The fourth-order valence-electron chi connectivity index (χ4n) is 3.39. The number of likely N-dealkylation sites (N-methyl/N-ethyl adjacent to an activating group) is 1. The van der Waals surface area contributed by atoms with Gasteiger partial charge < -0.3 is 10.2 Å². The van der Waals surface area contributed by atoms with Crippen molar-refractivity contribution < 1.29 is 0 Å². The SMILES string of the molecule is CC(CCc1ccccc1)NCC(C(C)C)N1CCN(C)CC1. The summed E-state index contributed by atoms with van der Waals surface area (Å²) in [5.74, 6) is 0.701. The molecule has 0 aliphatic carbocycles. The summed E-state index contributed by atoms with van der Waals surface area (Å²) < 4.78 is 0. The third-order valence-electron chi connectivity index (χ3n) is 5.16. The highest BCUT2D eigenvalue weighted by Crippen LogP contribution is 2.13. The van der Waals surface area contributed by atoms with Crippen LogP contribution in [-0.4, -0.2) is 61.7 Å². The first kappa shape index (κ1) is 18.4. The Labute approximate surface area is 143 Å². The van der Waals surface area contributed by atoms with Gasteiger partial charge in [-0.1, -0.05) is 44.2 Å². The first-order valence-corrected chi connectivity index (χ1v) is 9.26. The van der Waals surface area contributed by atoms with Crippen LogP contribution in [0.5, 0.6) is 0 Å². The van der Waals surface area contributed by atoms with E-state index in [9.17, 15) is 0 Å². The van der Waals surface area contributed by atoms with E-state index in [0.29, 0.717) is 18.0 Å². The van der Waals surface area contributed by atoms with Gasteiger partial charge in [0.25, 0.3) is 0 Å². The number of nitrogens with zero attached hydrogens (tertiary/aromatic N) is 2. The van der Waals surface area contributed by atoms with Crippen LogP contribution in [0.3, 0.4) is 0 Å². The van der Waals surface area contributed by atoms with Crippen molar-refractivity contribution >= 4 is 0 Å². The molecule has 130 valence electrons. The van der Waals surface area contributed by atoms with Gasteiger partial charge in [-0.25, -0.2) is 0 Å². The Bertz CT molecular complexity index is 424. The number of hydrogen-bond donors (Lipinski definition) is 1. The summed E-state index contributed by atoms with van der Waals surface area (Å²) in [4.78, 5) is 5.12. The van der Waals surface area contributed by atoms with Crippen molar-refractivity contribution in [2.45, 2.75) is 45.7 Å². The fourth-order valence-corrected chi connectivity index (χ4v) is 3.39. The Morgan fingerprint density at radius 3 is 2.26 bits per heavy atom. The van der Waals surface area contributed by atoms with E-state index in [0.717, 1.165) is 13.0 Å². The van der Waals surface area contributed by atoms with Gasteiger partial charge in [0.15, 0.2) is 0 Å². The minimum Gasteiger partial charge on any atom is -0.313 e. The van der Waals surface area contributed by atoms with Crippen molar-refractivity contribution in [3.8, 4) is 0 Å². The first-order chi connectivity index (χ1) is 11.1. The van der Waals surface area contributed by atoms with Gasteiger partial charge in [-0.3, -0.25) is 4.90 Å². The van der Waals surface area contributed by atoms with Crippen molar-refractivity contribution in [2.24, 2.45) is 5.92 Å². The average Bonchev–Trinajstić information content (AvgIpc) is 2.55. The summed E-state index contributed by atoms with van der Waals surface area (Å²) in [6.07, 6.45) is 2.37. The van der Waals surface area contributed by atoms with Crippen LogP contribution in [0.1, 0.15) is 32.8 Å². The Kier molecular flexibility index (Phi) is 7.54. The van der Waals surface area contributed by atoms with E-state index in [4.69, 9.17) is 0 Å². The molecule has 3 heteroatoms. The molecule has 1 heterocycles. The number of nitrogens with one attached hydrogen (secondary N) is 1. The molecular weight excluding hydrogens is 282 g/mol. The highest BCUT2D eigenvalue weighted by molar-refractivity contribution is 5.14. The molecule has 1 fully saturated rings. The smallest absolute Gasteiger partial charge is 0.0244 e. The third-order valence-corrected chi connectivity index (χ3v) is 5.16. The monoisotopic (exact) mass is 317 g/mol. The summed E-state index contributed by atoms with van der Waals surface area (Å²) in [5.41, 5.74) is 1.45. The quantitative estimate of drug-likeness (QED) is 0.795. The van der Waals surface area contributed by atoms with Crippen molar-refractivity contribution in [2.75, 3.05) is 39.8 Å². The number of aryl methyl sites for hydroxylation is 1. The molecule has 0 radical (unpaired) electrons. The van der Waals surface area contributed by atoms with Gasteiger partial charge in [-0.2, -0.15) is 0 Å². The third kappa shape index (κ3) is 6.25. The van der Waals surface area contributed by atoms with E-state index in [1.807, 2.05) is 0 Å². The first-order valence-electron chi connectivity index (χ1n) is 9.26. The van der Waals surface area contributed by atoms with Crippen LogP contribution in [0.2, 0.25) is 0 Å². The number of hydrogen-bond acceptors (Lipinski definition) is 3. The number of rotatable bonds is 8. The molecule has 23 heavy (non-hydrogen) atoms. The van der Waals surface area contributed by atoms with E-state index in [-0.39, 0.29) is 0 Å². The van der Waals surface area contributed by atoms with Crippen LogP contribution in [0.25, 0.3) is 0 Å². The second-order valence-electron chi connectivity index (χ2n) is 7.48. The zero-order chi connectivity index (χ0) is 16.7. The predicted octanol–water partition coefficient (Wildman–Crippen LogP) is 2.87. The number of benzene rings is 1. The summed E-state index contributed by atoms with van der Waals surface area (Å²) in [6, 6.07) is 12.0. The molecule has 2 atom stereocenters. The molecule has 3 nitrogen and oxygen atoms in total. The Hall–Kier alpha value is -0.900. The van der Waals surface area contributed by atoms with E-state index < -0.39 is 0 Å². The van der Waals surface area contributed by atoms with Gasteiger partial charge >= 0.3 is 0 Å². The zero-order valence-corrected chi connectivity index (χ0v) is 15.5. The van der Waals surface area contributed by atoms with Crippen LogP contribution >= 0.6 is 0 Å². The van der Waals surface area contributed by atoms with E-state index >= 15 is 0 Å². The van der Waals surface area contributed by atoms with E-state index in [2.05, 4.69) is 73.3 Å². The molecule has 1 N–H and O–H groups in total. The maximum absolute atomic E-state index is 3.79. The van der Waals surface area contributed by atoms with Crippen molar-refractivity contribution in [3.05, 3.63) is 35.9 Å². The molecule has 0 saturated carbocycles. The molecule has 0 bridgehead atoms. The molecule has 2 rings (SSSR count). The van der Waals surface area contributed by atoms with Crippen LogP contribution in [0.4, 0.5) is 0 Å². The fraction of sp³-hybridized carbons (Fsp3) is 0.700. The van der Waals surface area contributed by atoms with Crippen molar-refractivity contribution in [3.63, 3.8) is 0 Å². The lowest BCUT2D eigenvalue weighted by molar-refractivity contribution is 0.0862. The molecule has 1 aromatic carbocycles. The zero-order valence-electron chi connectivity index (χ0n) is 15.5. The summed E-state index contributed by atoms with van der Waals surface area (Å²) in [6.45, 7) is 13.0. The van der Waals surface area contributed by atoms with Gasteiger partial charge in [0, 0.05) is 44.8 Å². The number of piperazine rings is 1. The molecule has 0 spiro atoms. The molecule has 1 aromatic rings. The molecule has 1 aliphatic heterocycles. The van der Waals surface area contributed by atoms with E-state index in [1.165, 1.54) is 38.2 Å². The largest absolute Gasteiger partial charge is 0.313 e. The molecular formula is C20H35N3. The Morgan fingerprint density at radius 2 is 1.65 bits per heavy atom. The minimum absolute atomic E-state index is 0.573. The highest BCUT2D eigenvalue weighted by Gasteiger charge is 2.24. The van der Waals surface area contributed by atoms with Crippen LogP contribution in [0.15, 0.2) is 30.3 Å². The Morgan fingerprint density at radius 1 is 1.00 bits per heavy atom. The maximum atomic E-state index is 3.79. The molecule has 2 unspecified atom stereocenters. The predicted molar refractivity (Wildman–Crippen MR) is 99.9 cm³/mol. The lowest BCUT2D eigenvalue weighted by Gasteiger charge is -2.40. The van der Waals surface area contributed by atoms with Crippen molar-refractivity contribution in [1.29, 1.82) is 0 Å². The second kappa shape index (κ2) is 9.41. The van der Waals surface area contributed by atoms with Gasteiger partial charge in [0.05, 0.1) is 0 Å². The lowest BCUT2D eigenvalue weighted by Crippen LogP contribution is -2.54. The summed E-state index contributed by atoms with van der Waals surface area (Å²) >= 11 is 0. The average molecular weight is 318 g/mol. The molecule has 1 saturated heterocycles. The topological polar surface area (TPSA) is 18.5 Å². The van der Waals surface area contributed by atoms with Crippen LogP contribution in [-0.2, 0) is 6.42 Å². The molecule has 0 aromatic heterocycles. The van der Waals surface area contributed by atoms with Crippen molar-refractivity contribution in [1.82, 2.24) is 15.1 Å². The van der Waals surface area contributed by atoms with Crippen LogP contribution in [0, 0.1) is 5.92 Å². The normalized spacial score (nSPS) is 19.9. The van der Waals surface area contributed by atoms with Gasteiger partial charge in [0.2, 0.25) is 0 Å². The molecule has 0 amide bonds. The maximum Gasteiger partial charge on any atom is 0.0244 e. The standard InChI is InChI=1S/C20H35N3/c1-17(2)20(23-14-12-22(4)13-15-23)16-21-18(3)10-11-19-8-6-5-7-9-19/h5-9,17-18,20-21H,10-16H2,1-4H3. The Balaban J connectivity index is 1.74. The van der Waals surface area contributed by atoms with E-state index in [1.54, 1.807) is 0 Å². The highest BCUT2D eigenvalue weighted by atomic mass is 15.3. The van der Waals surface area contributed by atoms with Crippen LogP contribution < -0.4 is 5.32 Å². The van der Waals surface area contributed by atoms with Gasteiger partial charge in [0.1, 0.15) is 0 Å². The second-order valence-corrected chi connectivity index (χ2v) is 7.48.